The lowest BCUT2D eigenvalue weighted by atomic mass is 10.1. The second-order valence-corrected chi connectivity index (χ2v) is 15.6. The van der Waals surface area contributed by atoms with Gasteiger partial charge in [0.1, 0.15) is 31.0 Å². The van der Waals surface area contributed by atoms with E-state index in [2.05, 4.69) is 15.6 Å². The van der Waals surface area contributed by atoms with Crippen LogP contribution in [0.1, 0.15) is 70.2 Å². The molecule has 0 aromatic heterocycles. The Kier molecular flexibility index (Phi) is 17.8. The number of ether oxygens (including phenoxy) is 6. The van der Waals surface area contributed by atoms with Crippen molar-refractivity contribution in [2.45, 2.75) is 97.7 Å². The number of esters is 1. The van der Waals surface area contributed by atoms with Crippen molar-refractivity contribution in [1.82, 2.24) is 15.5 Å². The van der Waals surface area contributed by atoms with Gasteiger partial charge in [0, 0.05) is 6.54 Å². The molecule has 15 nitrogen and oxygen atoms in total. The van der Waals surface area contributed by atoms with Crippen molar-refractivity contribution in [3.8, 4) is 0 Å². The highest BCUT2D eigenvalue weighted by Crippen LogP contribution is 2.18. The van der Waals surface area contributed by atoms with Gasteiger partial charge in [0.15, 0.2) is 6.04 Å². The molecule has 4 aromatic carbocycles. The fourth-order valence-corrected chi connectivity index (χ4v) is 5.41. The predicted molar refractivity (Wildman–Crippen MR) is 226 cm³/mol. The molecule has 2 N–H and O–H groups in total. The first kappa shape index (κ1) is 46.9. The first-order valence-electron chi connectivity index (χ1n) is 19.7. The molecule has 0 heterocycles. The number of carbonyl (C=O) groups is 5. The predicted octanol–water partition coefficient (Wildman–Crippen LogP) is 8.45. The molecule has 0 bridgehead atoms. The minimum Gasteiger partial charge on any atom is -0.458 e. The van der Waals surface area contributed by atoms with E-state index in [1.54, 1.807) is 126 Å². The van der Waals surface area contributed by atoms with E-state index in [4.69, 9.17) is 28.4 Å². The summed E-state index contributed by atoms with van der Waals surface area (Å²) < 4.78 is 34.1. The normalized spacial score (nSPS) is 12.5. The lowest BCUT2D eigenvalue weighted by molar-refractivity contribution is -0.162. The van der Waals surface area contributed by atoms with Crippen LogP contribution in [0.2, 0.25) is 0 Å². The fourth-order valence-electron chi connectivity index (χ4n) is 5.41. The van der Waals surface area contributed by atoms with Crippen LogP contribution < -0.4 is 10.6 Å². The zero-order chi connectivity index (χ0) is 44.3. The molecule has 4 amide bonds. The minimum atomic E-state index is -1.49. The van der Waals surface area contributed by atoms with Crippen LogP contribution in [0.5, 0.6) is 0 Å². The lowest BCUT2D eigenvalue weighted by Crippen LogP contribution is -2.54. The molecule has 0 aliphatic rings. The van der Waals surface area contributed by atoms with Crippen LogP contribution >= 0.6 is 0 Å². The number of benzene rings is 4. The number of nitrogens with one attached hydrogen (secondary N) is 2. The maximum absolute atomic E-state index is 14.2. The summed E-state index contributed by atoms with van der Waals surface area (Å²) in [6, 6.07) is 34.1. The zero-order valence-electron chi connectivity index (χ0n) is 35.3. The molecule has 0 spiro atoms. The van der Waals surface area contributed by atoms with E-state index in [1.807, 2.05) is 36.4 Å². The van der Waals surface area contributed by atoms with Gasteiger partial charge in [-0.15, -0.1) is 4.99 Å². The number of rotatable bonds is 15. The summed E-state index contributed by atoms with van der Waals surface area (Å²) in [5.41, 5.74) is 0.795. The van der Waals surface area contributed by atoms with Crippen molar-refractivity contribution >= 4 is 36.3 Å². The highest BCUT2D eigenvalue weighted by Gasteiger charge is 2.37. The van der Waals surface area contributed by atoms with Gasteiger partial charge >= 0.3 is 30.3 Å². The monoisotopic (exact) mass is 838 g/mol. The molecule has 324 valence electrons. The van der Waals surface area contributed by atoms with Crippen LogP contribution in [0.15, 0.2) is 126 Å². The van der Waals surface area contributed by atoms with E-state index in [0.717, 1.165) is 10.5 Å². The molecule has 0 fully saturated rings. The maximum atomic E-state index is 14.2. The standard InChI is InChI=1S/C46H54N4O11/c1-45(2,3)60-39(51)38(47-43(54)61-46(4,5)6)37(56-29-33-19-11-7-12-20-33)27-28-50(44(55)59-32-36-25-17-10-18-26-36)40(48-41(52)57-30-34-21-13-8-14-22-34)49-42(53)58-31-35-23-15-9-16-24-35/h7-26,37-38H,27-32H2,1-6H3,(H,47,54)(H,48,49,52,53)/t37-,38+/m1/s1. The molecule has 0 saturated heterocycles. The molecule has 4 rings (SSSR count). The number of amides is 4. The Morgan fingerprint density at radius 1 is 0.574 bits per heavy atom. The van der Waals surface area contributed by atoms with Crippen LogP contribution in [0, 0.1) is 0 Å². The van der Waals surface area contributed by atoms with Crippen molar-refractivity contribution in [1.29, 1.82) is 0 Å². The van der Waals surface area contributed by atoms with Crippen molar-refractivity contribution in [3.63, 3.8) is 0 Å². The highest BCUT2D eigenvalue weighted by atomic mass is 16.6. The molecule has 2 atom stereocenters. The Labute approximate surface area is 356 Å². The quantitative estimate of drug-likeness (QED) is 0.0508. The average Bonchev–Trinajstić information content (AvgIpc) is 3.22. The number of aliphatic imine (C=N–C) groups is 1. The van der Waals surface area contributed by atoms with Gasteiger partial charge in [-0.2, -0.15) is 0 Å². The van der Waals surface area contributed by atoms with E-state index in [0.29, 0.717) is 16.7 Å². The van der Waals surface area contributed by atoms with Gasteiger partial charge in [-0.1, -0.05) is 121 Å². The number of alkyl carbamates (subject to hydrolysis) is 2. The molecular weight excluding hydrogens is 785 g/mol. The summed E-state index contributed by atoms with van der Waals surface area (Å²) in [5, 5.41) is 5.01. The van der Waals surface area contributed by atoms with Gasteiger partial charge in [-0.25, -0.2) is 28.9 Å². The first-order valence-corrected chi connectivity index (χ1v) is 19.7. The Morgan fingerprint density at radius 2 is 1.02 bits per heavy atom. The molecular formula is C46H54N4O11. The highest BCUT2D eigenvalue weighted by molar-refractivity contribution is 6.04. The fraction of sp³-hybridized carbons (Fsp3) is 0.348. The summed E-state index contributed by atoms with van der Waals surface area (Å²) in [6.45, 7) is 9.04. The molecule has 61 heavy (non-hydrogen) atoms. The largest absolute Gasteiger partial charge is 0.458 e. The topological polar surface area (TPSA) is 180 Å². The Balaban J connectivity index is 1.73. The first-order chi connectivity index (χ1) is 29.0. The molecule has 0 aliphatic carbocycles. The zero-order valence-corrected chi connectivity index (χ0v) is 35.3. The Morgan fingerprint density at radius 3 is 1.49 bits per heavy atom. The van der Waals surface area contributed by atoms with Crippen LogP contribution in [0.4, 0.5) is 19.2 Å². The van der Waals surface area contributed by atoms with Gasteiger partial charge in [0.25, 0.3) is 0 Å². The summed E-state index contributed by atoms with van der Waals surface area (Å²) in [6.07, 6.45) is -5.64. The van der Waals surface area contributed by atoms with Crippen LogP contribution in [-0.4, -0.2) is 71.1 Å². The Hall–Kier alpha value is -6.74. The molecule has 0 aliphatic heterocycles. The third-order valence-electron chi connectivity index (χ3n) is 8.16. The van der Waals surface area contributed by atoms with Crippen molar-refractivity contribution < 1.29 is 52.4 Å². The second-order valence-electron chi connectivity index (χ2n) is 15.6. The van der Waals surface area contributed by atoms with Crippen molar-refractivity contribution in [2.24, 2.45) is 4.99 Å². The minimum absolute atomic E-state index is 0.0317. The van der Waals surface area contributed by atoms with Gasteiger partial charge < -0.3 is 33.7 Å². The summed E-state index contributed by atoms with van der Waals surface area (Å²) in [4.78, 5) is 72.9. The summed E-state index contributed by atoms with van der Waals surface area (Å²) in [5.74, 6) is -1.46. The van der Waals surface area contributed by atoms with Crippen LogP contribution in [0.3, 0.4) is 0 Å². The number of hydrogen-bond donors (Lipinski definition) is 2. The summed E-state index contributed by atoms with van der Waals surface area (Å²) >= 11 is 0. The molecule has 0 unspecified atom stereocenters. The SMILES string of the molecule is CC(C)(C)OC(=O)N[C@H](C(=O)OC(C)(C)C)[C@@H](CCN(C(=O)OCc1ccccc1)/C(=N\C(=O)OCc1ccccc1)NC(=O)OCc1ccccc1)OCc1ccccc1. The van der Waals surface area contributed by atoms with Gasteiger partial charge in [-0.3, -0.25) is 5.32 Å². The molecule has 0 radical (unpaired) electrons. The Bertz CT molecular complexity index is 2040. The second kappa shape index (κ2) is 23.2. The van der Waals surface area contributed by atoms with Gasteiger partial charge in [0.05, 0.1) is 12.7 Å². The van der Waals surface area contributed by atoms with E-state index in [9.17, 15) is 24.0 Å². The maximum Gasteiger partial charge on any atom is 0.437 e. The third kappa shape index (κ3) is 18.0. The van der Waals surface area contributed by atoms with E-state index in [1.165, 1.54) is 0 Å². The van der Waals surface area contributed by atoms with Gasteiger partial charge in [-0.05, 0) is 70.2 Å². The molecule has 4 aromatic rings. The number of carbonyl (C=O) groups excluding carboxylic acids is 5. The van der Waals surface area contributed by atoms with E-state index >= 15 is 0 Å². The lowest BCUT2D eigenvalue weighted by Gasteiger charge is -2.32. The van der Waals surface area contributed by atoms with Crippen molar-refractivity contribution in [3.05, 3.63) is 144 Å². The third-order valence-corrected chi connectivity index (χ3v) is 8.16. The van der Waals surface area contributed by atoms with Crippen LogP contribution in [-0.2, 0) is 59.6 Å². The van der Waals surface area contributed by atoms with Gasteiger partial charge in [0.2, 0.25) is 5.96 Å². The van der Waals surface area contributed by atoms with E-state index in [-0.39, 0.29) is 32.8 Å². The van der Waals surface area contributed by atoms with Crippen molar-refractivity contribution in [2.75, 3.05) is 6.54 Å². The summed E-state index contributed by atoms with van der Waals surface area (Å²) in [7, 11) is 0. The van der Waals surface area contributed by atoms with E-state index < -0.39 is 66.2 Å². The number of nitrogens with zero attached hydrogens (tertiary/aromatic N) is 2. The average molecular weight is 839 g/mol. The smallest absolute Gasteiger partial charge is 0.437 e. The number of guanidine groups is 1. The molecule has 15 heteroatoms. The van der Waals surface area contributed by atoms with Crippen LogP contribution in [0.25, 0.3) is 0 Å². The molecule has 0 saturated carbocycles. The number of hydrogen-bond acceptors (Lipinski definition) is 11.